The van der Waals surface area contributed by atoms with Crippen LogP contribution >= 0.6 is 0 Å². The fourth-order valence-electron chi connectivity index (χ4n) is 7.39. The van der Waals surface area contributed by atoms with Gasteiger partial charge in [0.15, 0.2) is 0 Å². The summed E-state index contributed by atoms with van der Waals surface area (Å²) >= 11 is 0. The fraction of sp³-hybridized carbons (Fsp3) is 0. The second-order valence-corrected chi connectivity index (χ2v) is 13.0. The maximum absolute atomic E-state index is 6.46. The SMILES string of the molecule is c1ccc(-c2cccc(-c3cccc(-c4cccc5oc6cccc(Nc7ccc(-c8ccc9c(c8)oc8ccccc89)cc7)c6c45)c3)c2)cc1. The van der Waals surface area contributed by atoms with Crippen LogP contribution < -0.4 is 5.32 Å². The van der Waals surface area contributed by atoms with Gasteiger partial charge in [0.05, 0.1) is 11.1 Å². The van der Waals surface area contributed by atoms with Crippen LogP contribution in [-0.2, 0) is 0 Å². The van der Waals surface area contributed by atoms with Crippen molar-refractivity contribution < 1.29 is 8.83 Å². The number of anilines is 2. The Balaban J connectivity index is 1.00. The summed E-state index contributed by atoms with van der Waals surface area (Å²) in [6, 6.07) is 63.9. The molecule has 0 unspecified atom stereocenters. The molecule has 1 N–H and O–H groups in total. The Hall–Kier alpha value is -6.84. The second-order valence-electron chi connectivity index (χ2n) is 13.0. The molecule has 0 radical (unpaired) electrons. The van der Waals surface area contributed by atoms with Crippen LogP contribution in [0.3, 0.4) is 0 Å². The minimum Gasteiger partial charge on any atom is -0.456 e. The van der Waals surface area contributed by atoms with Crippen molar-refractivity contribution in [2.45, 2.75) is 0 Å². The minimum atomic E-state index is 0.852. The highest BCUT2D eigenvalue weighted by Gasteiger charge is 2.17. The van der Waals surface area contributed by atoms with Crippen molar-refractivity contribution in [2.24, 2.45) is 0 Å². The third kappa shape index (κ3) is 5.15. The van der Waals surface area contributed by atoms with E-state index in [0.29, 0.717) is 0 Å². The molecule has 0 bridgehead atoms. The van der Waals surface area contributed by atoms with E-state index in [9.17, 15) is 0 Å². The maximum atomic E-state index is 6.46. The van der Waals surface area contributed by atoms with Crippen LogP contribution in [0.5, 0.6) is 0 Å². The number of benzene rings is 8. The molecule has 0 aliphatic rings. The third-order valence-corrected chi connectivity index (χ3v) is 9.87. The summed E-state index contributed by atoms with van der Waals surface area (Å²) in [4.78, 5) is 0. The molecule has 240 valence electrons. The lowest BCUT2D eigenvalue weighted by Crippen LogP contribution is -1.91. The van der Waals surface area contributed by atoms with Crippen LogP contribution in [0, 0.1) is 0 Å². The summed E-state index contributed by atoms with van der Waals surface area (Å²) in [5.74, 6) is 0. The van der Waals surface area contributed by atoms with Gasteiger partial charge in [0.1, 0.15) is 22.3 Å². The average Bonchev–Trinajstić information content (AvgIpc) is 3.77. The number of rotatable bonds is 6. The van der Waals surface area contributed by atoms with E-state index < -0.39 is 0 Å². The van der Waals surface area contributed by atoms with Crippen LogP contribution in [-0.4, -0.2) is 0 Å². The summed E-state index contributed by atoms with van der Waals surface area (Å²) in [5, 5.41) is 8.16. The Morgan fingerprint density at radius 2 is 0.843 bits per heavy atom. The molecule has 10 rings (SSSR count). The van der Waals surface area contributed by atoms with E-state index in [4.69, 9.17) is 8.83 Å². The number of para-hydroxylation sites is 1. The van der Waals surface area contributed by atoms with Gasteiger partial charge >= 0.3 is 0 Å². The molecule has 0 saturated carbocycles. The first-order valence-corrected chi connectivity index (χ1v) is 17.2. The van der Waals surface area contributed by atoms with E-state index >= 15 is 0 Å². The van der Waals surface area contributed by atoms with E-state index in [2.05, 4.69) is 163 Å². The van der Waals surface area contributed by atoms with E-state index in [1.54, 1.807) is 0 Å². The Bertz CT molecular complexity index is 2880. The van der Waals surface area contributed by atoms with Gasteiger partial charge in [-0.25, -0.2) is 0 Å². The zero-order valence-electron chi connectivity index (χ0n) is 27.6. The van der Waals surface area contributed by atoms with Crippen molar-refractivity contribution in [2.75, 3.05) is 5.32 Å². The van der Waals surface area contributed by atoms with Crippen molar-refractivity contribution in [1.82, 2.24) is 0 Å². The van der Waals surface area contributed by atoms with Crippen molar-refractivity contribution in [3.8, 4) is 44.5 Å². The zero-order valence-corrected chi connectivity index (χ0v) is 27.6. The zero-order chi connectivity index (χ0) is 33.7. The lowest BCUT2D eigenvalue weighted by atomic mass is 9.94. The summed E-state index contributed by atoms with van der Waals surface area (Å²) in [6.45, 7) is 0. The van der Waals surface area contributed by atoms with Crippen LogP contribution in [0.4, 0.5) is 11.4 Å². The molecule has 3 nitrogen and oxygen atoms in total. The van der Waals surface area contributed by atoms with Gasteiger partial charge in [-0.3, -0.25) is 0 Å². The number of hydrogen-bond donors (Lipinski definition) is 1. The van der Waals surface area contributed by atoms with E-state index in [1.807, 2.05) is 24.3 Å². The highest BCUT2D eigenvalue weighted by molar-refractivity contribution is 6.17. The molecule has 0 amide bonds. The molecule has 8 aromatic carbocycles. The molecule has 0 fully saturated rings. The van der Waals surface area contributed by atoms with Crippen LogP contribution in [0.25, 0.3) is 88.4 Å². The molecular weight excluding hydrogens is 623 g/mol. The topological polar surface area (TPSA) is 38.3 Å². The van der Waals surface area contributed by atoms with E-state index in [-0.39, 0.29) is 0 Å². The van der Waals surface area contributed by atoms with Gasteiger partial charge in [-0.2, -0.15) is 0 Å². The lowest BCUT2D eigenvalue weighted by Gasteiger charge is -2.11. The number of furan rings is 2. The number of nitrogens with one attached hydrogen (secondary N) is 1. The minimum absolute atomic E-state index is 0.852. The van der Waals surface area contributed by atoms with Crippen molar-refractivity contribution in [3.63, 3.8) is 0 Å². The highest BCUT2D eigenvalue weighted by Crippen LogP contribution is 2.42. The van der Waals surface area contributed by atoms with Gasteiger partial charge < -0.3 is 14.2 Å². The Labute approximate surface area is 295 Å². The molecule has 0 saturated heterocycles. The quantitative estimate of drug-likeness (QED) is 0.194. The Kier molecular flexibility index (Phi) is 6.81. The molecule has 2 aromatic heterocycles. The van der Waals surface area contributed by atoms with Crippen molar-refractivity contribution >= 4 is 55.3 Å². The Morgan fingerprint density at radius 1 is 0.314 bits per heavy atom. The van der Waals surface area contributed by atoms with Gasteiger partial charge in [-0.05, 0) is 105 Å². The number of hydrogen-bond acceptors (Lipinski definition) is 3. The summed E-state index contributed by atoms with van der Waals surface area (Å²) in [5.41, 5.74) is 14.8. The highest BCUT2D eigenvalue weighted by atomic mass is 16.3. The molecule has 2 heterocycles. The molecule has 0 aliphatic heterocycles. The monoisotopic (exact) mass is 653 g/mol. The van der Waals surface area contributed by atoms with Gasteiger partial charge in [0.25, 0.3) is 0 Å². The van der Waals surface area contributed by atoms with Crippen molar-refractivity contribution in [1.29, 1.82) is 0 Å². The molecular formula is C48H31NO2. The molecule has 51 heavy (non-hydrogen) atoms. The first kappa shape index (κ1) is 29.1. The molecule has 10 aromatic rings. The molecule has 0 spiro atoms. The predicted molar refractivity (Wildman–Crippen MR) is 212 cm³/mol. The van der Waals surface area contributed by atoms with Gasteiger partial charge in [0.2, 0.25) is 0 Å². The second kappa shape index (κ2) is 11.9. The first-order chi connectivity index (χ1) is 25.2. The fourth-order valence-corrected chi connectivity index (χ4v) is 7.39. The summed E-state index contributed by atoms with van der Waals surface area (Å²) in [7, 11) is 0. The average molecular weight is 654 g/mol. The van der Waals surface area contributed by atoms with Gasteiger partial charge in [-0.1, -0.05) is 121 Å². The number of fused-ring (bicyclic) bond motifs is 6. The summed E-state index contributed by atoms with van der Waals surface area (Å²) < 4.78 is 12.6. The molecule has 3 heteroatoms. The predicted octanol–water partition coefficient (Wildman–Crippen LogP) is 13.9. The maximum Gasteiger partial charge on any atom is 0.137 e. The van der Waals surface area contributed by atoms with Crippen molar-refractivity contribution in [3.05, 3.63) is 182 Å². The summed E-state index contributed by atoms with van der Waals surface area (Å²) in [6.07, 6.45) is 0. The van der Waals surface area contributed by atoms with Crippen LogP contribution in [0.15, 0.2) is 191 Å². The van der Waals surface area contributed by atoms with Gasteiger partial charge in [0, 0.05) is 21.8 Å². The van der Waals surface area contributed by atoms with E-state index in [0.717, 1.165) is 77.5 Å². The molecule has 0 atom stereocenters. The normalized spacial score (nSPS) is 11.5. The Morgan fingerprint density at radius 3 is 1.67 bits per heavy atom. The van der Waals surface area contributed by atoms with E-state index in [1.165, 1.54) is 22.3 Å². The third-order valence-electron chi connectivity index (χ3n) is 9.87. The smallest absolute Gasteiger partial charge is 0.137 e. The lowest BCUT2D eigenvalue weighted by molar-refractivity contribution is 0.668. The first-order valence-electron chi connectivity index (χ1n) is 17.2. The van der Waals surface area contributed by atoms with Crippen LogP contribution in [0.1, 0.15) is 0 Å². The van der Waals surface area contributed by atoms with Gasteiger partial charge in [-0.15, -0.1) is 0 Å². The largest absolute Gasteiger partial charge is 0.456 e. The molecule has 0 aliphatic carbocycles. The van der Waals surface area contributed by atoms with Crippen LogP contribution in [0.2, 0.25) is 0 Å². The standard InChI is InChI=1S/C48H31NO2/c1-2-10-31(11-3-1)33-12-6-13-34(28-33)35-14-7-15-37(29-35)39-17-8-20-44-47(39)48-42(18-9-21-45(48)51-44)49-38-25-22-32(23-26-38)36-24-27-41-40-16-4-5-19-43(40)50-46(41)30-36/h1-30,49H.